The van der Waals surface area contributed by atoms with E-state index in [4.69, 9.17) is 10.5 Å². The Labute approximate surface area is 104 Å². The van der Waals surface area contributed by atoms with Crippen molar-refractivity contribution >= 4 is 12.4 Å². The number of hydrogen-bond acceptors (Lipinski definition) is 2. The van der Waals surface area contributed by atoms with E-state index in [1.807, 2.05) is 0 Å². The number of hydrogen-bond donors (Lipinski definition) is 1. The van der Waals surface area contributed by atoms with Crippen molar-refractivity contribution in [2.75, 3.05) is 6.61 Å². The molecule has 0 saturated carbocycles. The maximum absolute atomic E-state index is 12.2. The van der Waals surface area contributed by atoms with Crippen molar-refractivity contribution in [3.8, 4) is 5.75 Å². The third-order valence-electron chi connectivity index (χ3n) is 2.07. The van der Waals surface area contributed by atoms with Crippen LogP contribution in [0.1, 0.15) is 24.9 Å². The van der Waals surface area contributed by atoms with Crippen LogP contribution in [0.3, 0.4) is 0 Å². The molecule has 0 heterocycles. The first-order chi connectivity index (χ1) is 7.44. The molecule has 1 aromatic rings. The highest BCUT2D eigenvalue weighted by molar-refractivity contribution is 5.85. The number of alkyl halides is 3. The van der Waals surface area contributed by atoms with Gasteiger partial charge in [0.1, 0.15) is 5.75 Å². The van der Waals surface area contributed by atoms with Crippen molar-refractivity contribution < 1.29 is 17.9 Å². The predicted octanol–water partition coefficient (Wildman–Crippen LogP) is 3.46. The molecule has 2 nitrogen and oxygen atoms in total. The standard InChI is InChI=1S/C11H14F3NO.ClH/c1-2-16-10-6-4-3-5-8(10)9(15)7-11(12,13)14;/h3-6,9H,2,7,15H2,1H3;1H/t9-;/m1./s1. The number of para-hydroxylation sites is 1. The highest BCUT2D eigenvalue weighted by Crippen LogP contribution is 2.32. The molecule has 0 unspecified atom stereocenters. The van der Waals surface area contributed by atoms with Gasteiger partial charge in [-0.2, -0.15) is 13.2 Å². The molecule has 0 fully saturated rings. The minimum atomic E-state index is -4.27. The van der Waals surface area contributed by atoms with Crippen molar-refractivity contribution in [3.05, 3.63) is 29.8 Å². The fraction of sp³-hybridized carbons (Fsp3) is 0.455. The van der Waals surface area contributed by atoms with Gasteiger partial charge in [-0.3, -0.25) is 0 Å². The Morgan fingerprint density at radius 3 is 2.41 bits per heavy atom. The van der Waals surface area contributed by atoms with Crippen LogP contribution in [0.15, 0.2) is 24.3 Å². The van der Waals surface area contributed by atoms with E-state index < -0.39 is 18.6 Å². The molecule has 0 aliphatic rings. The van der Waals surface area contributed by atoms with Gasteiger partial charge in [0.2, 0.25) is 0 Å². The van der Waals surface area contributed by atoms with Crippen molar-refractivity contribution in [2.45, 2.75) is 25.6 Å². The Morgan fingerprint density at radius 1 is 1.29 bits per heavy atom. The molecule has 0 spiro atoms. The Hall–Kier alpha value is -0.940. The van der Waals surface area contributed by atoms with Crippen LogP contribution in [0.5, 0.6) is 5.75 Å². The van der Waals surface area contributed by atoms with Gasteiger partial charge in [0.15, 0.2) is 0 Å². The van der Waals surface area contributed by atoms with E-state index >= 15 is 0 Å². The molecule has 1 aromatic carbocycles. The lowest BCUT2D eigenvalue weighted by atomic mass is 10.0. The predicted molar refractivity (Wildman–Crippen MR) is 62.5 cm³/mol. The molecule has 0 aromatic heterocycles. The summed E-state index contributed by atoms with van der Waals surface area (Å²) in [6.07, 6.45) is -5.31. The summed E-state index contributed by atoms with van der Waals surface area (Å²) < 4.78 is 41.8. The van der Waals surface area contributed by atoms with E-state index in [0.29, 0.717) is 17.9 Å². The number of benzene rings is 1. The van der Waals surface area contributed by atoms with Crippen molar-refractivity contribution in [2.24, 2.45) is 5.73 Å². The normalized spacial score (nSPS) is 12.8. The van der Waals surface area contributed by atoms with Gasteiger partial charge in [0.05, 0.1) is 13.0 Å². The Balaban J connectivity index is 0.00000256. The number of halogens is 4. The first kappa shape index (κ1) is 16.1. The average Bonchev–Trinajstić information content (AvgIpc) is 2.16. The molecule has 1 rings (SSSR count). The third-order valence-corrected chi connectivity index (χ3v) is 2.07. The van der Waals surface area contributed by atoms with Gasteiger partial charge in [-0.1, -0.05) is 18.2 Å². The summed E-state index contributed by atoms with van der Waals surface area (Å²) in [4.78, 5) is 0. The molecule has 17 heavy (non-hydrogen) atoms. The molecule has 6 heteroatoms. The summed E-state index contributed by atoms with van der Waals surface area (Å²) in [5.41, 5.74) is 5.90. The Kier molecular flexibility index (Phi) is 6.34. The van der Waals surface area contributed by atoms with Crippen LogP contribution in [0.4, 0.5) is 13.2 Å². The highest BCUT2D eigenvalue weighted by atomic mass is 35.5. The molecule has 98 valence electrons. The zero-order valence-corrected chi connectivity index (χ0v) is 10.1. The largest absolute Gasteiger partial charge is 0.494 e. The summed E-state index contributed by atoms with van der Waals surface area (Å²) in [6, 6.07) is 5.45. The Bertz CT molecular complexity index is 344. The molecule has 0 amide bonds. The van der Waals surface area contributed by atoms with Crippen LogP contribution in [-0.2, 0) is 0 Å². The Morgan fingerprint density at radius 2 is 1.88 bits per heavy atom. The zero-order chi connectivity index (χ0) is 12.2. The van der Waals surface area contributed by atoms with Gasteiger partial charge < -0.3 is 10.5 Å². The SMILES string of the molecule is CCOc1ccccc1[C@H](N)CC(F)(F)F.Cl. The van der Waals surface area contributed by atoms with E-state index in [1.165, 1.54) is 0 Å². The summed E-state index contributed by atoms with van der Waals surface area (Å²) in [5, 5.41) is 0. The lowest BCUT2D eigenvalue weighted by Gasteiger charge is -2.17. The number of rotatable bonds is 4. The maximum Gasteiger partial charge on any atom is 0.390 e. The smallest absolute Gasteiger partial charge is 0.390 e. The number of nitrogens with two attached hydrogens (primary N) is 1. The summed E-state index contributed by atoms with van der Waals surface area (Å²) >= 11 is 0. The van der Waals surface area contributed by atoms with E-state index in [0.717, 1.165) is 0 Å². The van der Waals surface area contributed by atoms with Gasteiger partial charge in [0.25, 0.3) is 0 Å². The molecule has 0 aliphatic carbocycles. The maximum atomic E-state index is 12.2. The molecule has 0 radical (unpaired) electrons. The van der Waals surface area contributed by atoms with Crippen LogP contribution in [0.2, 0.25) is 0 Å². The van der Waals surface area contributed by atoms with Gasteiger partial charge >= 0.3 is 6.18 Å². The van der Waals surface area contributed by atoms with Crippen LogP contribution < -0.4 is 10.5 Å². The molecule has 2 N–H and O–H groups in total. The average molecular weight is 270 g/mol. The van der Waals surface area contributed by atoms with Crippen molar-refractivity contribution in [1.82, 2.24) is 0 Å². The third kappa shape index (κ3) is 5.28. The minimum Gasteiger partial charge on any atom is -0.494 e. The topological polar surface area (TPSA) is 35.2 Å². The van der Waals surface area contributed by atoms with Crippen molar-refractivity contribution in [1.29, 1.82) is 0 Å². The van der Waals surface area contributed by atoms with Crippen LogP contribution in [-0.4, -0.2) is 12.8 Å². The van der Waals surface area contributed by atoms with Crippen LogP contribution in [0.25, 0.3) is 0 Å². The summed E-state index contributed by atoms with van der Waals surface area (Å²) in [5.74, 6) is 0.418. The monoisotopic (exact) mass is 269 g/mol. The second-order valence-corrected chi connectivity index (χ2v) is 3.40. The van der Waals surface area contributed by atoms with Gasteiger partial charge in [-0.05, 0) is 13.0 Å². The molecule has 1 atom stereocenters. The summed E-state index contributed by atoms with van der Waals surface area (Å²) in [7, 11) is 0. The van der Waals surface area contributed by atoms with Gasteiger partial charge in [-0.15, -0.1) is 12.4 Å². The van der Waals surface area contributed by atoms with Gasteiger partial charge in [-0.25, -0.2) is 0 Å². The lowest BCUT2D eigenvalue weighted by Crippen LogP contribution is -2.20. The number of ether oxygens (including phenoxy) is 1. The zero-order valence-electron chi connectivity index (χ0n) is 9.33. The van der Waals surface area contributed by atoms with Crippen molar-refractivity contribution in [3.63, 3.8) is 0 Å². The lowest BCUT2D eigenvalue weighted by molar-refractivity contribution is -0.138. The van der Waals surface area contributed by atoms with E-state index in [-0.39, 0.29) is 12.4 Å². The fourth-order valence-corrected chi connectivity index (χ4v) is 1.43. The van der Waals surface area contributed by atoms with E-state index in [2.05, 4.69) is 0 Å². The minimum absolute atomic E-state index is 0. The first-order valence-electron chi connectivity index (χ1n) is 4.98. The molecular weight excluding hydrogens is 255 g/mol. The highest BCUT2D eigenvalue weighted by Gasteiger charge is 2.31. The quantitative estimate of drug-likeness (QED) is 0.908. The molecule has 0 bridgehead atoms. The molecular formula is C11H15ClF3NO. The molecule has 0 aliphatic heterocycles. The van der Waals surface area contributed by atoms with Crippen LogP contribution in [0, 0.1) is 0 Å². The fourth-order valence-electron chi connectivity index (χ4n) is 1.43. The van der Waals surface area contributed by atoms with Gasteiger partial charge in [0, 0.05) is 11.6 Å². The van der Waals surface area contributed by atoms with E-state index in [9.17, 15) is 13.2 Å². The van der Waals surface area contributed by atoms with Crippen LogP contribution >= 0.6 is 12.4 Å². The van der Waals surface area contributed by atoms with E-state index in [1.54, 1.807) is 31.2 Å². The summed E-state index contributed by atoms with van der Waals surface area (Å²) in [6.45, 7) is 2.17. The second kappa shape index (κ2) is 6.71. The molecule has 0 saturated heterocycles. The second-order valence-electron chi connectivity index (χ2n) is 3.40. The first-order valence-corrected chi connectivity index (χ1v) is 4.98.